The third kappa shape index (κ3) is 2.29. The number of amides is 2. The first-order chi connectivity index (χ1) is 9.06. The van der Waals surface area contributed by atoms with Gasteiger partial charge < -0.3 is 4.74 Å². The fourth-order valence-electron chi connectivity index (χ4n) is 2.13. The monoisotopic (exact) mass is 262 g/mol. The van der Waals surface area contributed by atoms with Crippen LogP contribution in [0.1, 0.15) is 18.4 Å². The highest BCUT2D eigenvalue weighted by Crippen LogP contribution is 2.34. The van der Waals surface area contributed by atoms with Crippen LogP contribution >= 0.6 is 0 Å². The molecular formula is C13H14N2O4. The van der Waals surface area contributed by atoms with Crippen LogP contribution in [0.2, 0.25) is 0 Å². The zero-order valence-electron chi connectivity index (χ0n) is 10.6. The van der Waals surface area contributed by atoms with E-state index in [0.717, 1.165) is 10.6 Å². The molecule has 1 fully saturated rings. The molecule has 100 valence electrons. The molecule has 0 saturated carbocycles. The zero-order valence-corrected chi connectivity index (χ0v) is 10.6. The number of rotatable bonds is 3. The molecule has 0 spiro atoms. The third-order valence-electron chi connectivity index (χ3n) is 2.98. The van der Waals surface area contributed by atoms with Gasteiger partial charge in [-0.05, 0) is 5.56 Å². The lowest BCUT2D eigenvalue weighted by Gasteiger charge is -2.44. The summed E-state index contributed by atoms with van der Waals surface area (Å²) in [5.74, 6) is -1.90. The normalized spacial score (nSPS) is 21.6. The van der Waals surface area contributed by atoms with Crippen LogP contribution in [-0.4, -0.2) is 35.9 Å². The molecule has 6 heteroatoms. The number of ether oxygens (including phenoxy) is 1. The number of methoxy groups -OCH3 is 1. The van der Waals surface area contributed by atoms with Crippen molar-refractivity contribution in [2.75, 3.05) is 7.11 Å². The van der Waals surface area contributed by atoms with Crippen molar-refractivity contribution < 1.29 is 19.1 Å². The first-order valence-electron chi connectivity index (χ1n) is 5.79. The molecule has 19 heavy (non-hydrogen) atoms. The summed E-state index contributed by atoms with van der Waals surface area (Å²) in [6, 6.07) is 8.12. The van der Waals surface area contributed by atoms with Crippen LogP contribution in [0.15, 0.2) is 30.3 Å². The lowest BCUT2D eigenvalue weighted by molar-refractivity contribution is -0.174. The number of esters is 1. The number of β-lactam (4-membered cyclic amide) rings is 1. The van der Waals surface area contributed by atoms with Gasteiger partial charge in [0.15, 0.2) is 6.04 Å². The lowest BCUT2D eigenvalue weighted by atomic mass is 9.83. The second-order valence-electron chi connectivity index (χ2n) is 4.23. The summed E-state index contributed by atoms with van der Waals surface area (Å²) in [6.45, 7) is 1.28. The Kier molecular flexibility index (Phi) is 3.50. The summed E-state index contributed by atoms with van der Waals surface area (Å²) in [4.78, 5) is 34.8. The van der Waals surface area contributed by atoms with Gasteiger partial charge in [-0.25, -0.2) is 9.80 Å². The molecule has 2 amide bonds. The molecule has 2 atom stereocenters. The molecule has 1 N–H and O–H groups in total. The first-order valence-corrected chi connectivity index (χ1v) is 5.79. The summed E-state index contributed by atoms with van der Waals surface area (Å²) >= 11 is 0. The van der Waals surface area contributed by atoms with E-state index in [0.29, 0.717) is 0 Å². The standard InChI is InChI=1S/C13H14N2O4/c1-8(16)14-15-11(13(18)19-2)10(12(15)17)9-6-4-3-5-7-9/h3-7,10-11H,1-2H3,(H,14,16)/t10-,11-/m0/s1. The lowest BCUT2D eigenvalue weighted by Crippen LogP contribution is -2.68. The van der Waals surface area contributed by atoms with E-state index in [2.05, 4.69) is 10.2 Å². The highest BCUT2D eigenvalue weighted by atomic mass is 16.5. The Bertz CT molecular complexity index is 515. The largest absolute Gasteiger partial charge is 0.467 e. The first kappa shape index (κ1) is 13.1. The van der Waals surface area contributed by atoms with Crippen LogP contribution in [0.25, 0.3) is 0 Å². The maximum absolute atomic E-state index is 12.0. The van der Waals surface area contributed by atoms with Crippen LogP contribution in [0.5, 0.6) is 0 Å². The Hall–Kier alpha value is -2.37. The molecule has 1 aromatic rings. The number of carbonyl (C=O) groups is 3. The van der Waals surface area contributed by atoms with Crippen molar-refractivity contribution in [3.63, 3.8) is 0 Å². The van der Waals surface area contributed by atoms with Crippen molar-refractivity contribution in [1.82, 2.24) is 10.4 Å². The van der Waals surface area contributed by atoms with Crippen molar-refractivity contribution in [3.8, 4) is 0 Å². The number of hydrazine groups is 1. The molecule has 6 nitrogen and oxygen atoms in total. The summed E-state index contributed by atoms with van der Waals surface area (Å²) < 4.78 is 4.68. The molecule has 1 heterocycles. The van der Waals surface area contributed by atoms with Gasteiger partial charge in [-0.1, -0.05) is 30.3 Å². The summed E-state index contributed by atoms with van der Waals surface area (Å²) in [6.07, 6.45) is 0. The smallest absolute Gasteiger partial charge is 0.331 e. The third-order valence-corrected chi connectivity index (χ3v) is 2.98. The minimum Gasteiger partial charge on any atom is -0.467 e. The van der Waals surface area contributed by atoms with Gasteiger partial charge in [0.1, 0.15) is 0 Å². The van der Waals surface area contributed by atoms with Crippen LogP contribution in [0.4, 0.5) is 0 Å². The Morgan fingerprint density at radius 1 is 1.26 bits per heavy atom. The quantitative estimate of drug-likeness (QED) is 0.624. The van der Waals surface area contributed by atoms with Crippen molar-refractivity contribution >= 4 is 17.8 Å². The molecular weight excluding hydrogens is 248 g/mol. The topological polar surface area (TPSA) is 75.7 Å². The van der Waals surface area contributed by atoms with E-state index >= 15 is 0 Å². The van der Waals surface area contributed by atoms with E-state index in [9.17, 15) is 14.4 Å². The van der Waals surface area contributed by atoms with E-state index in [1.165, 1.54) is 14.0 Å². The minimum absolute atomic E-state index is 0.322. The Morgan fingerprint density at radius 2 is 1.89 bits per heavy atom. The SMILES string of the molecule is COC(=O)[C@@H]1[C@H](c2ccccc2)C(=O)N1NC(C)=O. The van der Waals surface area contributed by atoms with E-state index in [1.807, 2.05) is 6.07 Å². The molecule has 2 rings (SSSR count). The van der Waals surface area contributed by atoms with Crippen LogP contribution in [0, 0.1) is 0 Å². The predicted molar refractivity (Wildman–Crippen MR) is 65.6 cm³/mol. The fourth-order valence-corrected chi connectivity index (χ4v) is 2.13. The maximum Gasteiger partial charge on any atom is 0.331 e. The molecule has 1 saturated heterocycles. The van der Waals surface area contributed by atoms with Crippen molar-refractivity contribution in [1.29, 1.82) is 0 Å². The maximum atomic E-state index is 12.0. The van der Waals surface area contributed by atoms with Gasteiger partial charge in [0.2, 0.25) is 5.91 Å². The van der Waals surface area contributed by atoms with E-state index < -0.39 is 23.8 Å². The van der Waals surface area contributed by atoms with Crippen LogP contribution in [-0.2, 0) is 19.1 Å². The van der Waals surface area contributed by atoms with Crippen molar-refractivity contribution in [3.05, 3.63) is 35.9 Å². The second kappa shape index (κ2) is 5.09. The number of hydrogen-bond donors (Lipinski definition) is 1. The second-order valence-corrected chi connectivity index (χ2v) is 4.23. The Labute approximate surface area is 110 Å². The molecule has 1 aliphatic rings. The molecule has 0 radical (unpaired) electrons. The molecule has 1 aliphatic heterocycles. The summed E-state index contributed by atoms with van der Waals surface area (Å²) in [5.41, 5.74) is 3.06. The van der Waals surface area contributed by atoms with E-state index in [1.54, 1.807) is 24.3 Å². The van der Waals surface area contributed by atoms with Gasteiger partial charge in [0, 0.05) is 6.92 Å². The Balaban J connectivity index is 2.27. The molecule has 0 unspecified atom stereocenters. The van der Waals surface area contributed by atoms with Gasteiger partial charge in [-0.3, -0.25) is 15.0 Å². The van der Waals surface area contributed by atoms with Crippen molar-refractivity contribution in [2.24, 2.45) is 0 Å². The fraction of sp³-hybridized carbons (Fsp3) is 0.308. The number of hydrogen-bond acceptors (Lipinski definition) is 4. The van der Waals surface area contributed by atoms with Crippen LogP contribution < -0.4 is 5.43 Å². The number of carbonyl (C=O) groups excluding carboxylic acids is 3. The van der Waals surface area contributed by atoms with Gasteiger partial charge >= 0.3 is 5.97 Å². The van der Waals surface area contributed by atoms with Crippen LogP contribution in [0.3, 0.4) is 0 Å². The molecule has 0 bridgehead atoms. The number of nitrogens with one attached hydrogen (secondary N) is 1. The highest BCUT2D eigenvalue weighted by molar-refractivity contribution is 6.01. The highest BCUT2D eigenvalue weighted by Gasteiger charge is 2.53. The molecule has 0 aromatic heterocycles. The number of benzene rings is 1. The van der Waals surface area contributed by atoms with E-state index in [4.69, 9.17) is 0 Å². The van der Waals surface area contributed by atoms with Crippen molar-refractivity contribution in [2.45, 2.75) is 18.9 Å². The summed E-state index contributed by atoms with van der Waals surface area (Å²) in [7, 11) is 1.25. The van der Waals surface area contributed by atoms with Gasteiger partial charge in [0.25, 0.3) is 5.91 Å². The molecule has 1 aromatic carbocycles. The van der Waals surface area contributed by atoms with Gasteiger partial charge in [0.05, 0.1) is 13.0 Å². The number of nitrogens with zero attached hydrogens (tertiary/aromatic N) is 1. The predicted octanol–water partition coefficient (Wildman–Crippen LogP) is 0.205. The summed E-state index contributed by atoms with van der Waals surface area (Å²) in [5, 5.41) is 1.02. The Morgan fingerprint density at radius 3 is 2.42 bits per heavy atom. The molecule has 0 aliphatic carbocycles. The van der Waals surface area contributed by atoms with Gasteiger partial charge in [-0.15, -0.1) is 0 Å². The van der Waals surface area contributed by atoms with E-state index in [-0.39, 0.29) is 5.91 Å². The average Bonchev–Trinajstić information content (AvgIpc) is 2.41. The minimum atomic E-state index is -0.816. The van der Waals surface area contributed by atoms with Gasteiger partial charge in [-0.2, -0.15) is 0 Å². The zero-order chi connectivity index (χ0) is 14.0. The average molecular weight is 262 g/mol.